The normalized spacial score (nSPS) is 12.2. The van der Waals surface area contributed by atoms with Gasteiger partial charge in [0.15, 0.2) is 5.96 Å². The zero-order valence-corrected chi connectivity index (χ0v) is 20.8. The summed E-state index contributed by atoms with van der Waals surface area (Å²) in [6.07, 6.45) is 1.81. The number of nitrogens with zero attached hydrogens (tertiary/aromatic N) is 3. The first-order valence-electron chi connectivity index (χ1n) is 9.03. The highest BCUT2D eigenvalue weighted by molar-refractivity contribution is 14.0. The Morgan fingerprint density at radius 3 is 2.71 bits per heavy atom. The Hall–Kier alpha value is -1.27. The molecule has 10 heteroatoms. The van der Waals surface area contributed by atoms with Crippen LogP contribution >= 0.6 is 46.7 Å². The fourth-order valence-electron chi connectivity index (χ4n) is 2.39. The Morgan fingerprint density at radius 1 is 1.36 bits per heavy atom. The molecule has 2 rings (SSSR count). The predicted molar refractivity (Wildman–Crippen MR) is 126 cm³/mol. The zero-order chi connectivity index (χ0) is 19.8. The van der Waals surface area contributed by atoms with Gasteiger partial charge in [-0.25, -0.2) is 14.8 Å². The molecule has 0 fully saturated rings. The van der Waals surface area contributed by atoms with Crippen molar-refractivity contribution in [2.75, 3.05) is 20.2 Å². The van der Waals surface area contributed by atoms with E-state index in [0.717, 1.165) is 35.1 Å². The molecule has 0 aliphatic rings. The minimum absolute atomic E-state index is 0. The quantitative estimate of drug-likeness (QED) is 0.231. The Kier molecular flexibility index (Phi) is 10.9. The summed E-state index contributed by atoms with van der Waals surface area (Å²) in [4.78, 5) is 25.9. The smallest absolute Gasteiger partial charge is 0.350 e. The van der Waals surface area contributed by atoms with E-state index < -0.39 is 0 Å². The standard InChI is InChI=1S/C18H27N5O2S2.HI/c1-6-14-23-13(10-26-14)8-9-20-18(19-5)22-12(4)16-21-11(3)15(27-16)17(24)25-7-2;/h10,12H,6-9H2,1-5H3,(H2,19,20,22);1H. The number of aryl methyl sites for hydroxylation is 2. The number of halogens is 1. The van der Waals surface area contributed by atoms with Crippen LogP contribution in [0, 0.1) is 6.92 Å². The number of aromatic nitrogens is 2. The summed E-state index contributed by atoms with van der Waals surface area (Å²) in [5, 5.41) is 10.7. The van der Waals surface area contributed by atoms with Gasteiger partial charge in [0, 0.05) is 25.4 Å². The third-order valence-corrected chi connectivity index (χ3v) is 6.16. The van der Waals surface area contributed by atoms with E-state index in [1.54, 1.807) is 25.3 Å². The second-order valence-electron chi connectivity index (χ2n) is 5.89. The van der Waals surface area contributed by atoms with Crippen molar-refractivity contribution in [3.05, 3.63) is 31.7 Å². The monoisotopic (exact) mass is 537 g/mol. The van der Waals surface area contributed by atoms with Crippen LogP contribution in [0.15, 0.2) is 10.4 Å². The van der Waals surface area contributed by atoms with Crippen LogP contribution < -0.4 is 10.6 Å². The summed E-state index contributed by atoms with van der Waals surface area (Å²) < 4.78 is 5.08. The van der Waals surface area contributed by atoms with E-state index in [9.17, 15) is 4.79 Å². The highest BCUT2D eigenvalue weighted by Gasteiger charge is 2.20. The van der Waals surface area contributed by atoms with E-state index in [0.29, 0.717) is 23.1 Å². The van der Waals surface area contributed by atoms with Crippen molar-refractivity contribution in [3.63, 3.8) is 0 Å². The molecule has 1 atom stereocenters. The number of carbonyl (C=O) groups excluding carboxylic acids is 1. The average molecular weight is 537 g/mol. The number of hydrogen-bond donors (Lipinski definition) is 2. The lowest BCUT2D eigenvalue weighted by Crippen LogP contribution is -2.39. The van der Waals surface area contributed by atoms with Gasteiger partial charge < -0.3 is 15.4 Å². The van der Waals surface area contributed by atoms with Crippen LogP contribution in [0.5, 0.6) is 0 Å². The minimum Gasteiger partial charge on any atom is -0.462 e. The van der Waals surface area contributed by atoms with Crippen molar-refractivity contribution in [2.45, 2.75) is 46.6 Å². The molecule has 28 heavy (non-hydrogen) atoms. The number of rotatable bonds is 8. The largest absolute Gasteiger partial charge is 0.462 e. The number of esters is 1. The van der Waals surface area contributed by atoms with E-state index in [2.05, 4.69) is 37.9 Å². The summed E-state index contributed by atoms with van der Waals surface area (Å²) in [7, 11) is 1.73. The first-order chi connectivity index (χ1) is 13.0. The van der Waals surface area contributed by atoms with Gasteiger partial charge in [-0.3, -0.25) is 4.99 Å². The summed E-state index contributed by atoms with van der Waals surface area (Å²) in [5.74, 6) is 0.377. The van der Waals surface area contributed by atoms with Crippen LogP contribution in [0.3, 0.4) is 0 Å². The van der Waals surface area contributed by atoms with Crippen LogP contribution in [0.2, 0.25) is 0 Å². The second-order valence-corrected chi connectivity index (χ2v) is 7.86. The molecule has 1 unspecified atom stereocenters. The summed E-state index contributed by atoms with van der Waals surface area (Å²) in [5.41, 5.74) is 1.79. The molecule has 0 aromatic carbocycles. The first kappa shape index (κ1) is 24.8. The Morgan fingerprint density at radius 2 is 2.11 bits per heavy atom. The maximum absolute atomic E-state index is 12.0. The van der Waals surface area contributed by atoms with Crippen molar-refractivity contribution in [3.8, 4) is 0 Å². The van der Waals surface area contributed by atoms with Gasteiger partial charge in [0.25, 0.3) is 0 Å². The zero-order valence-electron chi connectivity index (χ0n) is 16.9. The number of thiazole rings is 2. The van der Waals surface area contributed by atoms with E-state index in [-0.39, 0.29) is 36.0 Å². The third-order valence-electron chi connectivity index (χ3n) is 3.80. The number of hydrogen-bond acceptors (Lipinski definition) is 7. The highest BCUT2D eigenvalue weighted by atomic mass is 127. The Labute approximate surface area is 191 Å². The van der Waals surface area contributed by atoms with Crippen molar-refractivity contribution >= 4 is 58.6 Å². The molecule has 2 aromatic heterocycles. The van der Waals surface area contributed by atoms with E-state index in [4.69, 9.17) is 4.74 Å². The van der Waals surface area contributed by atoms with Crippen LogP contribution in [-0.4, -0.2) is 42.1 Å². The van der Waals surface area contributed by atoms with Crippen LogP contribution in [-0.2, 0) is 17.6 Å². The van der Waals surface area contributed by atoms with Gasteiger partial charge in [0.2, 0.25) is 0 Å². The molecule has 0 saturated heterocycles. The van der Waals surface area contributed by atoms with Gasteiger partial charge in [-0.15, -0.1) is 46.7 Å². The summed E-state index contributed by atoms with van der Waals surface area (Å²) >= 11 is 3.06. The van der Waals surface area contributed by atoms with E-state index in [1.165, 1.54) is 11.3 Å². The van der Waals surface area contributed by atoms with Crippen molar-refractivity contribution in [1.82, 2.24) is 20.6 Å². The Bertz CT molecular complexity index is 791. The van der Waals surface area contributed by atoms with Gasteiger partial charge in [0.05, 0.1) is 29.0 Å². The topological polar surface area (TPSA) is 88.5 Å². The predicted octanol–water partition coefficient (Wildman–Crippen LogP) is 3.73. The molecule has 0 aliphatic heterocycles. The van der Waals surface area contributed by atoms with Crippen LogP contribution in [0.25, 0.3) is 0 Å². The highest BCUT2D eigenvalue weighted by Crippen LogP contribution is 2.24. The molecule has 0 bridgehead atoms. The van der Waals surface area contributed by atoms with E-state index >= 15 is 0 Å². The number of ether oxygens (including phenoxy) is 1. The molecular weight excluding hydrogens is 509 g/mol. The Balaban J connectivity index is 0.00000392. The molecule has 0 amide bonds. The molecule has 0 saturated carbocycles. The number of aliphatic imine (C=N–C) groups is 1. The van der Waals surface area contributed by atoms with Crippen molar-refractivity contribution in [1.29, 1.82) is 0 Å². The van der Waals surface area contributed by atoms with Gasteiger partial charge in [-0.1, -0.05) is 6.92 Å². The molecule has 0 spiro atoms. The van der Waals surface area contributed by atoms with Crippen LogP contribution in [0.4, 0.5) is 0 Å². The average Bonchev–Trinajstić information content (AvgIpc) is 3.27. The molecule has 2 aromatic rings. The van der Waals surface area contributed by atoms with Gasteiger partial charge in [-0.2, -0.15) is 0 Å². The molecule has 156 valence electrons. The summed E-state index contributed by atoms with van der Waals surface area (Å²) in [6, 6.07) is -0.0750. The maximum atomic E-state index is 12.0. The SMILES string of the molecule is CCOC(=O)c1sc(C(C)NC(=NC)NCCc2csc(CC)n2)nc1C.I. The van der Waals surface area contributed by atoms with Gasteiger partial charge >= 0.3 is 5.97 Å². The molecule has 0 aliphatic carbocycles. The fourth-order valence-corrected chi connectivity index (χ4v) is 4.13. The van der Waals surface area contributed by atoms with Gasteiger partial charge in [-0.05, 0) is 27.2 Å². The van der Waals surface area contributed by atoms with Crippen molar-refractivity contribution < 1.29 is 9.53 Å². The minimum atomic E-state index is -0.317. The number of guanidine groups is 1. The molecular formula is C18H28IN5O2S2. The second kappa shape index (κ2) is 12.3. The van der Waals surface area contributed by atoms with Crippen molar-refractivity contribution in [2.24, 2.45) is 4.99 Å². The number of nitrogens with one attached hydrogen (secondary N) is 2. The molecule has 2 heterocycles. The first-order valence-corrected chi connectivity index (χ1v) is 10.7. The van der Waals surface area contributed by atoms with Crippen LogP contribution in [0.1, 0.15) is 57.9 Å². The number of carbonyl (C=O) groups is 1. The van der Waals surface area contributed by atoms with E-state index in [1.807, 2.05) is 13.8 Å². The molecule has 7 nitrogen and oxygen atoms in total. The lowest BCUT2D eigenvalue weighted by Gasteiger charge is -2.16. The fraction of sp³-hybridized carbons (Fsp3) is 0.556. The third kappa shape index (κ3) is 6.96. The lowest BCUT2D eigenvalue weighted by molar-refractivity contribution is 0.0531. The van der Waals surface area contributed by atoms with Gasteiger partial charge in [0.1, 0.15) is 9.88 Å². The lowest BCUT2D eigenvalue weighted by atomic mass is 10.3. The summed E-state index contributed by atoms with van der Waals surface area (Å²) in [6.45, 7) is 8.82. The molecule has 2 N–H and O–H groups in total. The molecule has 0 radical (unpaired) electrons. The maximum Gasteiger partial charge on any atom is 0.350 e.